The van der Waals surface area contributed by atoms with Crippen molar-refractivity contribution in [3.63, 3.8) is 0 Å². The number of amides is 2. The molecule has 0 radical (unpaired) electrons. The lowest BCUT2D eigenvalue weighted by Gasteiger charge is -2.21. The first-order valence-corrected chi connectivity index (χ1v) is 6.65. The molecule has 0 atom stereocenters. The van der Waals surface area contributed by atoms with Gasteiger partial charge < -0.3 is 9.80 Å². The Balaban J connectivity index is 2.01. The molecule has 1 heterocycles. The Morgan fingerprint density at radius 1 is 1.35 bits per heavy atom. The molecule has 2 amide bonds. The number of likely N-dealkylation sites (tertiary alicyclic amines) is 1. The third-order valence-electron chi connectivity index (χ3n) is 3.42. The molecule has 5 heteroatoms. The van der Waals surface area contributed by atoms with E-state index in [1.165, 1.54) is 4.90 Å². The first-order valence-electron chi connectivity index (χ1n) is 6.65. The van der Waals surface area contributed by atoms with Crippen molar-refractivity contribution >= 4 is 11.8 Å². The van der Waals surface area contributed by atoms with E-state index in [4.69, 9.17) is 5.26 Å². The molecule has 1 fully saturated rings. The fourth-order valence-electron chi connectivity index (χ4n) is 2.28. The maximum Gasteiger partial charge on any atom is 0.254 e. The number of nitrogens with zero attached hydrogens (tertiary/aromatic N) is 3. The molecule has 0 unspecified atom stereocenters. The van der Waals surface area contributed by atoms with Crippen LogP contribution in [0, 0.1) is 11.3 Å². The second kappa shape index (κ2) is 6.20. The zero-order valence-corrected chi connectivity index (χ0v) is 11.5. The Labute approximate surface area is 118 Å². The second-order valence-electron chi connectivity index (χ2n) is 4.94. The lowest BCUT2D eigenvalue weighted by Crippen LogP contribution is -2.39. The number of hydrogen-bond donors (Lipinski definition) is 0. The molecule has 1 aromatic rings. The minimum Gasteiger partial charge on any atom is -0.341 e. The molecule has 20 heavy (non-hydrogen) atoms. The highest BCUT2D eigenvalue weighted by Crippen LogP contribution is 2.10. The molecule has 0 aromatic heterocycles. The van der Waals surface area contributed by atoms with Gasteiger partial charge in [-0.05, 0) is 31.0 Å². The van der Waals surface area contributed by atoms with E-state index in [1.807, 2.05) is 6.07 Å². The number of hydrogen-bond acceptors (Lipinski definition) is 3. The van der Waals surface area contributed by atoms with Crippen molar-refractivity contribution in [3.8, 4) is 6.07 Å². The number of likely N-dealkylation sites (N-methyl/N-ethyl adjacent to an activating group) is 1. The third kappa shape index (κ3) is 3.15. The molecule has 2 rings (SSSR count). The van der Waals surface area contributed by atoms with E-state index in [2.05, 4.69) is 0 Å². The van der Waals surface area contributed by atoms with Crippen LogP contribution in [0.15, 0.2) is 24.3 Å². The largest absolute Gasteiger partial charge is 0.341 e. The highest BCUT2D eigenvalue weighted by atomic mass is 16.2. The van der Waals surface area contributed by atoms with Crippen LogP contribution in [0.1, 0.15) is 28.8 Å². The predicted molar refractivity (Wildman–Crippen MR) is 73.9 cm³/mol. The number of nitriles is 1. The van der Waals surface area contributed by atoms with Gasteiger partial charge >= 0.3 is 0 Å². The van der Waals surface area contributed by atoms with Crippen LogP contribution in [-0.4, -0.2) is 48.3 Å². The molecule has 1 aliphatic rings. The Morgan fingerprint density at radius 3 is 2.70 bits per heavy atom. The summed E-state index contributed by atoms with van der Waals surface area (Å²) >= 11 is 0. The van der Waals surface area contributed by atoms with Gasteiger partial charge in [0, 0.05) is 25.7 Å². The zero-order valence-electron chi connectivity index (χ0n) is 11.5. The third-order valence-corrected chi connectivity index (χ3v) is 3.42. The van der Waals surface area contributed by atoms with Crippen molar-refractivity contribution in [2.45, 2.75) is 12.8 Å². The van der Waals surface area contributed by atoms with Crippen LogP contribution in [0.25, 0.3) is 0 Å². The fourth-order valence-corrected chi connectivity index (χ4v) is 2.28. The molecule has 0 bridgehead atoms. The first kappa shape index (κ1) is 14.1. The van der Waals surface area contributed by atoms with Gasteiger partial charge in [-0.25, -0.2) is 0 Å². The molecule has 0 saturated carbocycles. The van der Waals surface area contributed by atoms with Crippen LogP contribution in [-0.2, 0) is 4.79 Å². The molecule has 0 spiro atoms. The number of rotatable bonds is 3. The van der Waals surface area contributed by atoms with Gasteiger partial charge in [-0.1, -0.05) is 6.07 Å². The van der Waals surface area contributed by atoms with Crippen molar-refractivity contribution in [3.05, 3.63) is 35.4 Å². The van der Waals surface area contributed by atoms with E-state index < -0.39 is 0 Å². The highest BCUT2D eigenvalue weighted by Gasteiger charge is 2.21. The first-order chi connectivity index (χ1) is 9.61. The minimum atomic E-state index is -0.241. The average molecular weight is 271 g/mol. The molecule has 104 valence electrons. The van der Waals surface area contributed by atoms with Crippen LogP contribution in [0.3, 0.4) is 0 Å². The highest BCUT2D eigenvalue weighted by molar-refractivity contribution is 5.96. The summed E-state index contributed by atoms with van der Waals surface area (Å²) in [5.41, 5.74) is 0.871. The van der Waals surface area contributed by atoms with Gasteiger partial charge in [0.2, 0.25) is 5.91 Å². The van der Waals surface area contributed by atoms with Gasteiger partial charge in [0.15, 0.2) is 0 Å². The van der Waals surface area contributed by atoms with Gasteiger partial charge in [0.25, 0.3) is 5.91 Å². The lowest BCUT2D eigenvalue weighted by molar-refractivity contribution is -0.130. The molecule has 1 saturated heterocycles. The van der Waals surface area contributed by atoms with Crippen molar-refractivity contribution in [1.29, 1.82) is 5.26 Å². The van der Waals surface area contributed by atoms with E-state index in [0.717, 1.165) is 25.9 Å². The summed E-state index contributed by atoms with van der Waals surface area (Å²) in [4.78, 5) is 27.4. The van der Waals surface area contributed by atoms with Crippen LogP contribution < -0.4 is 0 Å². The molecular weight excluding hydrogens is 254 g/mol. The number of benzene rings is 1. The summed E-state index contributed by atoms with van der Waals surface area (Å²) in [7, 11) is 1.61. The Bertz CT molecular complexity index is 556. The van der Waals surface area contributed by atoms with E-state index >= 15 is 0 Å². The summed E-state index contributed by atoms with van der Waals surface area (Å²) < 4.78 is 0. The normalized spacial score (nSPS) is 13.9. The second-order valence-corrected chi connectivity index (χ2v) is 4.94. The average Bonchev–Trinajstić information content (AvgIpc) is 3.00. The topological polar surface area (TPSA) is 64.4 Å². The lowest BCUT2D eigenvalue weighted by atomic mass is 10.1. The Morgan fingerprint density at radius 2 is 2.05 bits per heavy atom. The minimum absolute atomic E-state index is 0.0187. The van der Waals surface area contributed by atoms with Crippen molar-refractivity contribution in [1.82, 2.24) is 9.80 Å². The quantitative estimate of drug-likeness (QED) is 0.831. The molecule has 1 aromatic carbocycles. The fraction of sp³-hybridized carbons (Fsp3) is 0.400. The summed E-state index contributed by atoms with van der Waals surface area (Å²) in [6.45, 7) is 1.64. The monoisotopic (exact) mass is 271 g/mol. The van der Waals surface area contributed by atoms with Gasteiger partial charge in [-0.3, -0.25) is 9.59 Å². The summed E-state index contributed by atoms with van der Waals surface area (Å²) in [6.07, 6.45) is 2.07. The Kier molecular flexibility index (Phi) is 4.36. The number of carbonyl (C=O) groups excluding carboxylic acids is 2. The maximum absolute atomic E-state index is 12.2. The summed E-state index contributed by atoms with van der Waals surface area (Å²) in [6, 6.07) is 8.51. The summed E-state index contributed by atoms with van der Waals surface area (Å²) in [5.74, 6) is -0.260. The van der Waals surface area contributed by atoms with E-state index in [9.17, 15) is 9.59 Å². The van der Waals surface area contributed by atoms with E-state index in [1.54, 1.807) is 36.2 Å². The molecule has 5 nitrogen and oxygen atoms in total. The van der Waals surface area contributed by atoms with Crippen molar-refractivity contribution in [2.24, 2.45) is 0 Å². The van der Waals surface area contributed by atoms with Gasteiger partial charge in [0.05, 0.1) is 18.2 Å². The molecule has 0 N–H and O–H groups in total. The van der Waals surface area contributed by atoms with Crippen LogP contribution in [0.4, 0.5) is 0 Å². The van der Waals surface area contributed by atoms with E-state index in [-0.39, 0.29) is 18.4 Å². The SMILES string of the molecule is CN(CC(=O)N1CCCC1)C(=O)c1cccc(C#N)c1. The Hall–Kier alpha value is -2.35. The predicted octanol–water partition coefficient (Wildman–Crippen LogP) is 1.25. The molecule has 1 aliphatic heterocycles. The molecule has 0 aliphatic carbocycles. The van der Waals surface area contributed by atoms with E-state index in [0.29, 0.717) is 11.1 Å². The smallest absolute Gasteiger partial charge is 0.254 e. The van der Waals surface area contributed by atoms with Crippen LogP contribution >= 0.6 is 0 Å². The number of carbonyl (C=O) groups is 2. The van der Waals surface area contributed by atoms with Crippen molar-refractivity contribution in [2.75, 3.05) is 26.7 Å². The maximum atomic E-state index is 12.2. The molecular formula is C15H17N3O2. The van der Waals surface area contributed by atoms with Gasteiger partial charge in [-0.15, -0.1) is 0 Å². The van der Waals surface area contributed by atoms with Crippen molar-refractivity contribution < 1.29 is 9.59 Å². The van der Waals surface area contributed by atoms with Gasteiger partial charge in [0.1, 0.15) is 0 Å². The van der Waals surface area contributed by atoms with Gasteiger partial charge in [-0.2, -0.15) is 5.26 Å². The van der Waals surface area contributed by atoms with Crippen LogP contribution in [0.5, 0.6) is 0 Å². The van der Waals surface area contributed by atoms with Crippen LogP contribution in [0.2, 0.25) is 0 Å². The zero-order chi connectivity index (χ0) is 14.5. The standard InChI is InChI=1S/C15H17N3O2/c1-17(11-14(19)18-7-2-3-8-18)15(20)13-6-4-5-12(9-13)10-16/h4-6,9H,2-3,7-8,11H2,1H3. The summed E-state index contributed by atoms with van der Waals surface area (Å²) in [5, 5.41) is 8.84.